The molecule has 0 radical (unpaired) electrons. The van der Waals surface area contributed by atoms with Gasteiger partial charge in [0.05, 0.1) is 17.9 Å². The van der Waals surface area contributed by atoms with Gasteiger partial charge in [-0.3, -0.25) is 4.79 Å². The number of nitrogens with one attached hydrogen (secondary N) is 1. The topological polar surface area (TPSA) is 75.7 Å². The van der Waals surface area contributed by atoms with Crippen molar-refractivity contribution in [2.45, 2.75) is 37.5 Å². The van der Waals surface area contributed by atoms with Crippen LogP contribution in [0, 0.1) is 5.92 Å². The molecule has 1 aliphatic heterocycles. The van der Waals surface area contributed by atoms with Gasteiger partial charge in [-0.2, -0.15) is 4.31 Å². The third kappa shape index (κ3) is 4.97. The van der Waals surface area contributed by atoms with Crippen molar-refractivity contribution in [2.75, 3.05) is 25.5 Å². The summed E-state index contributed by atoms with van der Waals surface area (Å²) in [7, 11) is -2.11. The summed E-state index contributed by atoms with van der Waals surface area (Å²) in [5.74, 6) is 0.454. The van der Waals surface area contributed by atoms with E-state index in [4.69, 9.17) is 4.74 Å². The van der Waals surface area contributed by atoms with E-state index in [0.29, 0.717) is 31.1 Å². The van der Waals surface area contributed by atoms with Gasteiger partial charge in [0, 0.05) is 18.8 Å². The van der Waals surface area contributed by atoms with Crippen molar-refractivity contribution in [1.82, 2.24) is 4.31 Å². The normalized spacial score (nSPS) is 17.9. The molecule has 0 saturated carbocycles. The molecular formula is C22H28N2O4S. The maximum Gasteiger partial charge on any atom is 0.243 e. The quantitative estimate of drug-likeness (QED) is 0.776. The number of carbonyl (C=O) groups is 1. The van der Waals surface area contributed by atoms with E-state index in [-0.39, 0.29) is 23.3 Å². The number of nitrogens with zero attached hydrogens (tertiary/aromatic N) is 1. The number of carbonyl (C=O) groups excluding carboxylic acids is 1. The van der Waals surface area contributed by atoms with Crippen molar-refractivity contribution in [3.05, 3.63) is 54.1 Å². The minimum absolute atomic E-state index is 0.138. The molecule has 0 unspecified atom stereocenters. The Morgan fingerprint density at radius 2 is 1.90 bits per heavy atom. The number of hydrogen-bond donors (Lipinski definition) is 1. The molecule has 1 fully saturated rings. The van der Waals surface area contributed by atoms with Crippen LogP contribution in [-0.4, -0.2) is 38.8 Å². The van der Waals surface area contributed by atoms with Crippen LogP contribution < -0.4 is 10.1 Å². The molecule has 0 aromatic heterocycles. The lowest BCUT2D eigenvalue weighted by Crippen LogP contribution is -2.43. The molecule has 0 aliphatic carbocycles. The second kappa shape index (κ2) is 8.97. The Balaban J connectivity index is 1.71. The Labute approximate surface area is 172 Å². The third-order valence-electron chi connectivity index (χ3n) is 5.27. The molecule has 2 aromatic carbocycles. The van der Waals surface area contributed by atoms with Crippen molar-refractivity contribution in [3.63, 3.8) is 0 Å². The zero-order valence-corrected chi connectivity index (χ0v) is 17.9. The number of amides is 1. The average Bonchev–Trinajstić information content (AvgIpc) is 2.74. The van der Waals surface area contributed by atoms with Crippen LogP contribution in [0.3, 0.4) is 0 Å². The average molecular weight is 417 g/mol. The van der Waals surface area contributed by atoms with Crippen molar-refractivity contribution >= 4 is 21.6 Å². The Bertz CT molecular complexity index is 955. The lowest BCUT2D eigenvalue weighted by atomic mass is 9.98. The molecule has 2 aromatic rings. The minimum atomic E-state index is -3.65. The number of methoxy groups -OCH3 is 1. The van der Waals surface area contributed by atoms with Crippen LogP contribution in [0.5, 0.6) is 5.75 Å². The summed E-state index contributed by atoms with van der Waals surface area (Å²) in [4.78, 5) is 13.0. The van der Waals surface area contributed by atoms with Crippen LogP contribution in [0.25, 0.3) is 0 Å². The molecule has 7 heteroatoms. The summed E-state index contributed by atoms with van der Waals surface area (Å²) in [6.45, 7) is 4.80. The van der Waals surface area contributed by atoms with E-state index in [9.17, 15) is 13.2 Å². The van der Waals surface area contributed by atoms with Gasteiger partial charge >= 0.3 is 0 Å². The second-order valence-corrected chi connectivity index (χ2v) is 9.59. The maximum absolute atomic E-state index is 13.0. The van der Waals surface area contributed by atoms with Gasteiger partial charge in [-0.05, 0) is 60.7 Å². The zero-order chi connectivity index (χ0) is 21.0. The fraction of sp³-hybridized carbons (Fsp3) is 0.409. The highest BCUT2D eigenvalue weighted by Gasteiger charge is 2.33. The molecule has 1 amide bonds. The lowest BCUT2D eigenvalue weighted by molar-refractivity contribution is -0.120. The zero-order valence-electron chi connectivity index (χ0n) is 17.1. The summed E-state index contributed by atoms with van der Waals surface area (Å²) in [5.41, 5.74) is 1.89. The van der Waals surface area contributed by atoms with Crippen LogP contribution in [0.1, 0.15) is 38.2 Å². The van der Waals surface area contributed by atoms with Crippen molar-refractivity contribution < 1.29 is 17.9 Å². The van der Waals surface area contributed by atoms with Gasteiger partial charge in [-0.25, -0.2) is 8.42 Å². The van der Waals surface area contributed by atoms with Gasteiger partial charge in [0.1, 0.15) is 5.75 Å². The van der Waals surface area contributed by atoms with Gasteiger partial charge in [-0.15, -0.1) is 0 Å². The van der Waals surface area contributed by atoms with E-state index >= 15 is 0 Å². The molecule has 3 rings (SSSR count). The van der Waals surface area contributed by atoms with E-state index in [2.05, 4.69) is 19.2 Å². The summed E-state index contributed by atoms with van der Waals surface area (Å²) in [5, 5.41) is 2.96. The van der Waals surface area contributed by atoms with Crippen molar-refractivity contribution in [1.29, 1.82) is 0 Å². The summed E-state index contributed by atoms with van der Waals surface area (Å²) in [6, 6.07) is 14.1. The molecule has 156 valence electrons. The molecule has 1 atom stereocenters. The largest absolute Gasteiger partial charge is 0.497 e. The number of sulfonamides is 1. The summed E-state index contributed by atoms with van der Waals surface area (Å²) >= 11 is 0. The lowest BCUT2D eigenvalue weighted by Gasteiger charge is -2.31. The first-order valence-corrected chi connectivity index (χ1v) is 11.3. The van der Waals surface area contributed by atoms with E-state index in [1.165, 1.54) is 23.5 Å². The first-order valence-electron chi connectivity index (χ1n) is 9.86. The third-order valence-corrected chi connectivity index (χ3v) is 7.15. The van der Waals surface area contributed by atoms with Gasteiger partial charge in [0.25, 0.3) is 0 Å². The van der Waals surface area contributed by atoms with Gasteiger partial charge in [0.15, 0.2) is 0 Å². The van der Waals surface area contributed by atoms with Crippen molar-refractivity contribution in [3.8, 4) is 5.75 Å². The highest BCUT2D eigenvalue weighted by atomic mass is 32.2. The number of rotatable bonds is 6. The predicted octanol–water partition coefficient (Wildman–Crippen LogP) is 3.86. The number of anilines is 1. The highest BCUT2D eigenvalue weighted by molar-refractivity contribution is 7.89. The van der Waals surface area contributed by atoms with E-state index in [1.54, 1.807) is 12.1 Å². The molecule has 0 bridgehead atoms. The fourth-order valence-electron chi connectivity index (χ4n) is 3.49. The molecular weight excluding hydrogens is 388 g/mol. The second-order valence-electron chi connectivity index (χ2n) is 7.65. The van der Waals surface area contributed by atoms with Crippen LogP contribution >= 0.6 is 0 Å². The standard InChI is InChI=1S/C22H28N2O4S/c1-16(2)17-6-4-8-19(14-17)23-22(25)18-7-5-13-24(15-18)29(26,27)21-11-9-20(28-3)10-12-21/h4,6,8-12,14,16,18H,5,7,13,15H2,1-3H3,(H,23,25)/t18-/m1/s1. The van der Waals surface area contributed by atoms with E-state index in [1.807, 2.05) is 24.3 Å². The number of benzene rings is 2. The number of ether oxygens (including phenoxy) is 1. The summed E-state index contributed by atoms with van der Waals surface area (Å²) < 4.78 is 32.5. The van der Waals surface area contributed by atoms with E-state index < -0.39 is 10.0 Å². The number of hydrogen-bond acceptors (Lipinski definition) is 4. The maximum atomic E-state index is 13.0. The minimum Gasteiger partial charge on any atom is -0.497 e. The summed E-state index contributed by atoms with van der Waals surface area (Å²) in [6.07, 6.45) is 1.32. The Morgan fingerprint density at radius 3 is 2.55 bits per heavy atom. The Morgan fingerprint density at radius 1 is 1.17 bits per heavy atom. The fourth-order valence-corrected chi connectivity index (χ4v) is 5.02. The monoisotopic (exact) mass is 416 g/mol. The first kappa shape index (κ1) is 21.3. The SMILES string of the molecule is COc1ccc(S(=O)(=O)N2CCC[C@@H](C(=O)Nc3cccc(C(C)C)c3)C2)cc1. The molecule has 1 N–H and O–H groups in total. The van der Waals surface area contributed by atoms with Gasteiger partial charge in [0.2, 0.25) is 15.9 Å². The molecule has 29 heavy (non-hydrogen) atoms. The molecule has 1 saturated heterocycles. The number of piperidine rings is 1. The molecule has 0 spiro atoms. The van der Waals surface area contributed by atoms with Crippen LogP contribution in [0.4, 0.5) is 5.69 Å². The van der Waals surface area contributed by atoms with Crippen LogP contribution in [0.15, 0.2) is 53.4 Å². The Hall–Kier alpha value is -2.38. The highest BCUT2D eigenvalue weighted by Crippen LogP contribution is 2.26. The van der Waals surface area contributed by atoms with Crippen LogP contribution in [-0.2, 0) is 14.8 Å². The van der Waals surface area contributed by atoms with Gasteiger partial charge < -0.3 is 10.1 Å². The Kier molecular flexibility index (Phi) is 6.59. The predicted molar refractivity (Wildman–Crippen MR) is 114 cm³/mol. The van der Waals surface area contributed by atoms with Crippen LogP contribution in [0.2, 0.25) is 0 Å². The molecule has 1 heterocycles. The first-order chi connectivity index (χ1) is 13.8. The molecule has 6 nitrogen and oxygen atoms in total. The van der Waals surface area contributed by atoms with Crippen molar-refractivity contribution in [2.24, 2.45) is 5.92 Å². The van der Waals surface area contributed by atoms with E-state index in [0.717, 1.165) is 11.3 Å². The smallest absolute Gasteiger partial charge is 0.243 e. The molecule has 1 aliphatic rings. The van der Waals surface area contributed by atoms with Gasteiger partial charge in [-0.1, -0.05) is 26.0 Å².